The normalized spacial score (nSPS) is 10.1. The number of carbonyl (C=O) groups excluding carboxylic acids is 1. The van der Waals surface area contributed by atoms with Crippen molar-refractivity contribution in [2.75, 3.05) is 17.7 Å². The highest BCUT2D eigenvalue weighted by molar-refractivity contribution is 6.02. The Hall–Kier alpha value is -2.44. The van der Waals surface area contributed by atoms with Crippen LogP contribution >= 0.6 is 0 Å². The molecule has 0 saturated heterocycles. The van der Waals surface area contributed by atoms with Crippen LogP contribution in [0.2, 0.25) is 0 Å². The number of aryl methyl sites for hydroxylation is 1. The fourth-order valence-corrected chi connectivity index (χ4v) is 1.38. The molecule has 0 aliphatic carbocycles. The van der Waals surface area contributed by atoms with Crippen molar-refractivity contribution in [1.82, 2.24) is 19.7 Å². The molecule has 0 saturated carbocycles. The van der Waals surface area contributed by atoms with E-state index in [1.807, 2.05) is 6.92 Å². The van der Waals surface area contributed by atoms with Crippen molar-refractivity contribution in [3.63, 3.8) is 0 Å². The van der Waals surface area contributed by atoms with E-state index in [9.17, 15) is 4.79 Å². The maximum absolute atomic E-state index is 11.9. The van der Waals surface area contributed by atoms with E-state index in [0.717, 1.165) is 6.54 Å². The summed E-state index contributed by atoms with van der Waals surface area (Å²) < 4.78 is 1.73. The number of anilines is 2. The Balaban J connectivity index is 2.11. The molecule has 0 aromatic carbocycles. The third-order valence-corrected chi connectivity index (χ3v) is 2.33. The zero-order valence-electron chi connectivity index (χ0n) is 10.2. The van der Waals surface area contributed by atoms with Gasteiger partial charge in [-0.15, -0.1) is 0 Å². The molecular formula is C11H14N6O. The van der Waals surface area contributed by atoms with Gasteiger partial charge in [0.1, 0.15) is 11.5 Å². The first-order chi connectivity index (χ1) is 8.72. The summed E-state index contributed by atoms with van der Waals surface area (Å²) >= 11 is 0. The summed E-state index contributed by atoms with van der Waals surface area (Å²) in [5.74, 6) is 0.709. The van der Waals surface area contributed by atoms with Gasteiger partial charge >= 0.3 is 0 Å². The molecule has 2 aromatic rings. The molecule has 18 heavy (non-hydrogen) atoms. The molecule has 0 aliphatic heterocycles. The highest BCUT2D eigenvalue weighted by atomic mass is 16.2. The Labute approximate surface area is 104 Å². The quantitative estimate of drug-likeness (QED) is 0.840. The van der Waals surface area contributed by atoms with Crippen LogP contribution in [0.25, 0.3) is 0 Å². The van der Waals surface area contributed by atoms with Gasteiger partial charge in [-0.2, -0.15) is 5.10 Å². The molecule has 1 amide bonds. The minimum Gasteiger partial charge on any atom is -0.372 e. The molecule has 0 radical (unpaired) electrons. The largest absolute Gasteiger partial charge is 0.372 e. The van der Waals surface area contributed by atoms with Crippen LogP contribution in [-0.4, -0.2) is 32.7 Å². The Morgan fingerprint density at radius 3 is 2.89 bits per heavy atom. The monoisotopic (exact) mass is 246 g/mol. The second-order valence-corrected chi connectivity index (χ2v) is 3.55. The number of aromatic nitrogens is 4. The Kier molecular flexibility index (Phi) is 3.52. The highest BCUT2D eigenvalue weighted by Gasteiger charge is 2.10. The van der Waals surface area contributed by atoms with Crippen LogP contribution < -0.4 is 10.6 Å². The fraction of sp³-hybridized carbons (Fsp3) is 0.273. The van der Waals surface area contributed by atoms with E-state index in [4.69, 9.17) is 0 Å². The van der Waals surface area contributed by atoms with E-state index in [1.54, 1.807) is 30.2 Å². The van der Waals surface area contributed by atoms with Crippen LogP contribution in [-0.2, 0) is 6.54 Å². The van der Waals surface area contributed by atoms with Crippen LogP contribution in [0.1, 0.15) is 17.4 Å². The molecule has 0 spiro atoms. The number of nitrogens with zero attached hydrogens (tertiary/aromatic N) is 4. The Bertz CT molecular complexity index is 550. The molecule has 2 heterocycles. The van der Waals surface area contributed by atoms with Crippen molar-refractivity contribution < 1.29 is 4.79 Å². The van der Waals surface area contributed by atoms with E-state index in [1.165, 1.54) is 6.20 Å². The van der Waals surface area contributed by atoms with E-state index in [-0.39, 0.29) is 11.6 Å². The standard InChI is InChI=1S/C11H14N6O/c1-3-17-5-4-9(16-17)15-11(18)8-6-13-7-10(12-2)14-8/h4-7H,3H2,1-2H3,(H,12,14)(H,15,16,18). The van der Waals surface area contributed by atoms with Crippen molar-refractivity contribution in [3.05, 3.63) is 30.4 Å². The van der Waals surface area contributed by atoms with Gasteiger partial charge in [0.15, 0.2) is 5.82 Å². The summed E-state index contributed by atoms with van der Waals surface area (Å²) in [5, 5.41) is 9.65. The van der Waals surface area contributed by atoms with Gasteiger partial charge in [0.05, 0.1) is 12.4 Å². The predicted octanol–water partition coefficient (Wildman–Crippen LogP) is 0.987. The van der Waals surface area contributed by atoms with Crippen LogP contribution in [0.4, 0.5) is 11.6 Å². The first-order valence-corrected chi connectivity index (χ1v) is 5.57. The van der Waals surface area contributed by atoms with E-state index in [2.05, 4.69) is 25.7 Å². The third kappa shape index (κ3) is 2.62. The molecule has 94 valence electrons. The smallest absolute Gasteiger partial charge is 0.277 e. The summed E-state index contributed by atoms with van der Waals surface area (Å²) in [4.78, 5) is 19.9. The molecule has 0 unspecified atom stereocenters. The first-order valence-electron chi connectivity index (χ1n) is 5.57. The minimum atomic E-state index is -0.332. The van der Waals surface area contributed by atoms with Gasteiger partial charge in [0.2, 0.25) is 0 Å². The lowest BCUT2D eigenvalue weighted by Gasteiger charge is -2.03. The van der Waals surface area contributed by atoms with Crippen LogP contribution in [0.5, 0.6) is 0 Å². The van der Waals surface area contributed by atoms with E-state index < -0.39 is 0 Å². The summed E-state index contributed by atoms with van der Waals surface area (Å²) in [6.07, 6.45) is 4.75. The van der Waals surface area contributed by atoms with Crippen molar-refractivity contribution in [2.45, 2.75) is 13.5 Å². The van der Waals surface area contributed by atoms with Crippen molar-refractivity contribution in [3.8, 4) is 0 Å². The van der Waals surface area contributed by atoms with Gasteiger partial charge in [-0.25, -0.2) is 4.98 Å². The van der Waals surface area contributed by atoms with Gasteiger partial charge in [-0.1, -0.05) is 0 Å². The third-order valence-electron chi connectivity index (χ3n) is 2.33. The maximum atomic E-state index is 11.9. The van der Waals surface area contributed by atoms with E-state index in [0.29, 0.717) is 11.6 Å². The van der Waals surface area contributed by atoms with Crippen LogP contribution in [0.15, 0.2) is 24.7 Å². The van der Waals surface area contributed by atoms with Crippen LogP contribution in [0, 0.1) is 0 Å². The molecule has 0 bridgehead atoms. The molecule has 2 rings (SSSR count). The SMILES string of the molecule is CCn1ccc(NC(=O)c2cncc(NC)n2)n1. The maximum Gasteiger partial charge on any atom is 0.277 e. The number of rotatable bonds is 4. The van der Waals surface area contributed by atoms with Gasteiger partial charge < -0.3 is 10.6 Å². The van der Waals surface area contributed by atoms with Crippen molar-refractivity contribution >= 4 is 17.5 Å². The zero-order valence-corrected chi connectivity index (χ0v) is 10.2. The lowest BCUT2D eigenvalue weighted by Crippen LogP contribution is -2.15. The average Bonchev–Trinajstić information content (AvgIpc) is 2.86. The number of hydrogen-bond donors (Lipinski definition) is 2. The molecule has 7 heteroatoms. The summed E-state index contributed by atoms with van der Waals surface area (Å²) in [6, 6.07) is 1.73. The molecule has 0 atom stereocenters. The summed E-state index contributed by atoms with van der Waals surface area (Å²) in [5.41, 5.74) is 0.243. The highest BCUT2D eigenvalue weighted by Crippen LogP contribution is 2.06. The van der Waals surface area contributed by atoms with Crippen molar-refractivity contribution in [2.24, 2.45) is 0 Å². The first kappa shape index (κ1) is 12.0. The number of amides is 1. The lowest BCUT2D eigenvalue weighted by molar-refractivity contribution is 0.102. The lowest BCUT2D eigenvalue weighted by atomic mass is 10.4. The summed E-state index contributed by atoms with van der Waals surface area (Å²) in [6.45, 7) is 2.73. The molecule has 2 aromatic heterocycles. The van der Waals surface area contributed by atoms with Gasteiger partial charge in [0.25, 0.3) is 5.91 Å². The van der Waals surface area contributed by atoms with Gasteiger partial charge in [-0.3, -0.25) is 14.5 Å². The molecule has 7 nitrogen and oxygen atoms in total. The molecule has 0 fully saturated rings. The second-order valence-electron chi connectivity index (χ2n) is 3.55. The van der Waals surface area contributed by atoms with Crippen molar-refractivity contribution in [1.29, 1.82) is 0 Å². The van der Waals surface area contributed by atoms with E-state index >= 15 is 0 Å². The zero-order chi connectivity index (χ0) is 13.0. The predicted molar refractivity (Wildman–Crippen MR) is 67.4 cm³/mol. The van der Waals surface area contributed by atoms with Gasteiger partial charge in [-0.05, 0) is 6.92 Å². The summed E-state index contributed by atoms with van der Waals surface area (Å²) in [7, 11) is 1.72. The molecular weight excluding hydrogens is 232 g/mol. The fourth-order valence-electron chi connectivity index (χ4n) is 1.38. The molecule has 0 aliphatic rings. The Morgan fingerprint density at radius 1 is 1.39 bits per heavy atom. The van der Waals surface area contributed by atoms with Gasteiger partial charge in [0, 0.05) is 25.9 Å². The Morgan fingerprint density at radius 2 is 2.22 bits per heavy atom. The molecule has 2 N–H and O–H groups in total. The topological polar surface area (TPSA) is 84.7 Å². The van der Waals surface area contributed by atoms with Crippen LogP contribution in [0.3, 0.4) is 0 Å². The number of hydrogen-bond acceptors (Lipinski definition) is 5. The average molecular weight is 246 g/mol. The number of carbonyl (C=O) groups is 1. The second kappa shape index (κ2) is 5.26. The minimum absolute atomic E-state index is 0.243. The number of nitrogens with one attached hydrogen (secondary N) is 2.